The standard InChI is InChI=1S/C21H20N2O3/c1-3-26-20-12-11-15-7-4-5-10-18(15)19(20)14-22-23-21(24)16-8-6-9-17(13-16)25-2/h4-14H,3H2,1-2H3,(H,23,24)/b22-14-. The molecule has 0 spiro atoms. The predicted octanol–water partition coefficient (Wildman–Crippen LogP) is 4.01. The number of carbonyl (C=O) groups excluding carboxylic acids is 1. The minimum atomic E-state index is -0.307. The molecule has 132 valence electrons. The number of fused-ring (bicyclic) bond motifs is 1. The van der Waals surface area contributed by atoms with Crippen molar-refractivity contribution in [2.45, 2.75) is 6.92 Å². The summed E-state index contributed by atoms with van der Waals surface area (Å²) in [5.41, 5.74) is 3.86. The van der Waals surface area contributed by atoms with E-state index in [1.807, 2.05) is 43.3 Å². The highest BCUT2D eigenvalue weighted by atomic mass is 16.5. The minimum Gasteiger partial charge on any atom is -0.497 e. The third-order valence-corrected chi connectivity index (χ3v) is 3.92. The van der Waals surface area contributed by atoms with Crippen LogP contribution in [0.15, 0.2) is 65.8 Å². The number of hydrazone groups is 1. The van der Waals surface area contributed by atoms with Crippen molar-refractivity contribution in [2.24, 2.45) is 5.10 Å². The van der Waals surface area contributed by atoms with Crippen LogP contribution in [0.1, 0.15) is 22.8 Å². The number of ether oxygens (including phenoxy) is 2. The first-order valence-electron chi connectivity index (χ1n) is 8.35. The van der Waals surface area contributed by atoms with Crippen molar-refractivity contribution < 1.29 is 14.3 Å². The van der Waals surface area contributed by atoms with E-state index in [0.29, 0.717) is 17.9 Å². The molecule has 1 N–H and O–H groups in total. The lowest BCUT2D eigenvalue weighted by Gasteiger charge is -2.10. The van der Waals surface area contributed by atoms with Gasteiger partial charge in [-0.05, 0) is 42.0 Å². The molecule has 0 heterocycles. The third-order valence-electron chi connectivity index (χ3n) is 3.92. The van der Waals surface area contributed by atoms with Crippen molar-refractivity contribution in [3.05, 3.63) is 71.8 Å². The van der Waals surface area contributed by atoms with E-state index in [2.05, 4.69) is 10.5 Å². The molecule has 1 amide bonds. The van der Waals surface area contributed by atoms with Crippen LogP contribution in [0.2, 0.25) is 0 Å². The van der Waals surface area contributed by atoms with Gasteiger partial charge in [0.05, 0.1) is 19.9 Å². The Morgan fingerprint density at radius 2 is 1.96 bits per heavy atom. The Kier molecular flexibility index (Phi) is 5.49. The number of benzene rings is 3. The summed E-state index contributed by atoms with van der Waals surface area (Å²) in [6.45, 7) is 2.48. The Morgan fingerprint density at radius 3 is 2.77 bits per heavy atom. The summed E-state index contributed by atoms with van der Waals surface area (Å²) in [6, 6.07) is 18.8. The minimum absolute atomic E-state index is 0.307. The molecule has 0 saturated carbocycles. The second kappa shape index (κ2) is 8.16. The normalized spacial score (nSPS) is 10.8. The van der Waals surface area contributed by atoms with Gasteiger partial charge in [0.2, 0.25) is 0 Å². The number of rotatable bonds is 6. The predicted molar refractivity (Wildman–Crippen MR) is 103 cm³/mol. The molecule has 0 aromatic heterocycles. The molecule has 5 heteroatoms. The maximum absolute atomic E-state index is 12.3. The van der Waals surface area contributed by atoms with Gasteiger partial charge in [-0.15, -0.1) is 0 Å². The van der Waals surface area contributed by atoms with E-state index in [0.717, 1.165) is 22.1 Å². The van der Waals surface area contributed by atoms with E-state index in [4.69, 9.17) is 9.47 Å². The van der Waals surface area contributed by atoms with E-state index in [-0.39, 0.29) is 5.91 Å². The summed E-state index contributed by atoms with van der Waals surface area (Å²) in [7, 11) is 1.56. The van der Waals surface area contributed by atoms with Crippen molar-refractivity contribution in [3.63, 3.8) is 0 Å². The zero-order valence-electron chi connectivity index (χ0n) is 14.7. The Bertz CT molecular complexity index is 951. The second-order valence-electron chi connectivity index (χ2n) is 5.56. The Balaban J connectivity index is 1.85. The van der Waals surface area contributed by atoms with Crippen LogP contribution in [-0.4, -0.2) is 25.8 Å². The van der Waals surface area contributed by atoms with Gasteiger partial charge in [0.15, 0.2) is 0 Å². The molecule has 0 aliphatic rings. The molecule has 0 bridgehead atoms. The number of nitrogens with one attached hydrogen (secondary N) is 1. The molecule has 0 unspecified atom stereocenters. The number of hydrogen-bond donors (Lipinski definition) is 1. The number of amides is 1. The highest BCUT2D eigenvalue weighted by molar-refractivity contribution is 6.03. The highest BCUT2D eigenvalue weighted by Crippen LogP contribution is 2.26. The molecule has 0 aliphatic carbocycles. The summed E-state index contributed by atoms with van der Waals surface area (Å²) in [6.07, 6.45) is 1.62. The van der Waals surface area contributed by atoms with E-state index >= 15 is 0 Å². The fourth-order valence-corrected chi connectivity index (χ4v) is 2.67. The summed E-state index contributed by atoms with van der Waals surface area (Å²) in [5, 5.41) is 6.21. The first-order valence-corrected chi connectivity index (χ1v) is 8.35. The van der Waals surface area contributed by atoms with Crippen LogP contribution in [0.3, 0.4) is 0 Å². The molecular formula is C21H20N2O3. The molecule has 0 atom stereocenters. The van der Waals surface area contributed by atoms with Gasteiger partial charge in [-0.3, -0.25) is 4.79 Å². The van der Waals surface area contributed by atoms with Crippen LogP contribution >= 0.6 is 0 Å². The SMILES string of the molecule is CCOc1ccc2ccccc2c1/C=N\NC(=O)c1cccc(OC)c1. The molecule has 0 saturated heterocycles. The van der Waals surface area contributed by atoms with Gasteiger partial charge in [-0.2, -0.15) is 5.10 Å². The first kappa shape index (κ1) is 17.5. The molecule has 3 aromatic rings. The zero-order valence-corrected chi connectivity index (χ0v) is 14.7. The Morgan fingerprint density at radius 1 is 1.12 bits per heavy atom. The van der Waals surface area contributed by atoms with Gasteiger partial charge in [-0.25, -0.2) is 5.43 Å². The van der Waals surface area contributed by atoms with Crippen molar-refractivity contribution >= 4 is 22.9 Å². The second-order valence-corrected chi connectivity index (χ2v) is 5.56. The van der Waals surface area contributed by atoms with Gasteiger partial charge < -0.3 is 9.47 Å². The number of carbonyl (C=O) groups is 1. The molecule has 0 radical (unpaired) electrons. The summed E-state index contributed by atoms with van der Waals surface area (Å²) in [5.74, 6) is 1.04. The van der Waals surface area contributed by atoms with Crippen LogP contribution in [0.5, 0.6) is 11.5 Å². The van der Waals surface area contributed by atoms with E-state index in [9.17, 15) is 4.79 Å². The van der Waals surface area contributed by atoms with Crippen LogP contribution in [0, 0.1) is 0 Å². The third kappa shape index (κ3) is 3.83. The number of methoxy groups -OCH3 is 1. The van der Waals surface area contributed by atoms with Crippen LogP contribution < -0.4 is 14.9 Å². The van der Waals surface area contributed by atoms with Gasteiger partial charge in [0.25, 0.3) is 5.91 Å². The van der Waals surface area contributed by atoms with Crippen molar-refractivity contribution in [1.82, 2.24) is 5.43 Å². The monoisotopic (exact) mass is 348 g/mol. The quantitative estimate of drug-likeness (QED) is 0.541. The van der Waals surface area contributed by atoms with Gasteiger partial charge in [0, 0.05) is 11.1 Å². The molecule has 26 heavy (non-hydrogen) atoms. The molecule has 3 aromatic carbocycles. The lowest BCUT2D eigenvalue weighted by atomic mass is 10.0. The summed E-state index contributed by atoms with van der Waals surface area (Å²) < 4.78 is 10.8. The fraction of sp³-hybridized carbons (Fsp3) is 0.143. The summed E-state index contributed by atoms with van der Waals surface area (Å²) in [4.78, 5) is 12.3. The molecular weight excluding hydrogens is 328 g/mol. The maximum Gasteiger partial charge on any atom is 0.271 e. The molecule has 5 nitrogen and oxygen atoms in total. The van der Waals surface area contributed by atoms with E-state index in [1.165, 1.54) is 0 Å². The first-order chi connectivity index (χ1) is 12.7. The highest BCUT2D eigenvalue weighted by Gasteiger charge is 2.08. The number of nitrogens with zero attached hydrogens (tertiary/aromatic N) is 1. The lowest BCUT2D eigenvalue weighted by molar-refractivity contribution is 0.0954. The molecule has 0 fully saturated rings. The Labute approximate surface area is 152 Å². The van der Waals surface area contributed by atoms with E-state index in [1.54, 1.807) is 37.6 Å². The van der Waals surface area contributed by atoms with Gasteiger partial charge in [-0.1, -0.05) is 36.4 Å². The largest absolute Gasteiger partial charge is 0.497 e. The molecule has 0 aliphatic heterocycles. The average Bonchev–Trinajstić information content (AvgIpc) is 2.69. The molecule has 3 rings (SSSR count). The van der Waals surface area contributed by atoms with Crippen LogP contribution in [0.4, 0.5) is 0 Å². The zero-order chi connectivity index (χ0) is 18.4. The van der Waals surface area contributed by atoms with Crippen molar-refractivity contribution in [2.75, 3.05) is 13.7 Å². The topological polar surface area (TPSA) is 59.9 Å². The van der Waals surface area contributed by atoms with Gasteiger partial charge in [0.1, 0.15) is 11.5 Å². The van der Waals surface area contributed by atoms with Crippen LogP contribution in [-0.2, 0) is 0 Å². The maximum atomic E-state index is 12.3. The fourth-order valence-electron chi connectivity index (χ4n) is 2.67. The Hall–Kier alpha value is -3.34. The van der Waals surface area contributed by atoms with Gasteiger partial charge >= 0.3 is 0 Å². The summed E-state index contributed by atoms with van der Waals surface area (Å²) >= 11 is 0. The average molecular weight is 348 g/mol. The van der Waals surface area contributed by atoms with Crippen molar-refractivity contribution in [3.8, 4) is 11.5 Å². The number of hydrogen-bond acceptors (Lipinski definition) is 4. The van der Waals surface area contributed by atoms with Crippen LogP contribution in [0.25, 0.3) is 10.8 Å². The van der Waals surface area contributed by atoms with E-state index < -0.39 is 0 Å². The smallest absolute Gasteiger partial charge is 0.271 e. The lowest BCUT2D eigenvalue weighted by Crippen LogP contribution is -2.17. The van der Waals surface area contributed by atoms with Crippen molar-refractivity contribution in [1.29, 1.82) is 0 Å².